The van der Waals surface area contributed by atoms with Crippen molar-refractivity contribution in [2.24, 2.45) is 0 Å². The summed E-state index contributed by atoms with van der Waals surface area (Å²) in [7, 11) is 0. The number of hydrogen-bond acceptors (Lipinski definition) is 4. The summed E-state index contributed by atoms with van der Waals surface area (Å²) < 4.78 is 25.6. The molecule has 6 heteroatoms. The Hall–Kier alpha value is -2.24. The van der Waals surface area contributed by atoms with E-state index >= 15 is 0 Å². The van der Waals surface area contributed by atoms with Crippen molar-refractivity contribution in [3.63, 3.8) is 0 Å². The molecule has 0 unspecified atom stereocenters. The van der Waals surface area contributed by atoms with E-state index in [1.54, 1.807) is 0 Å². The highest BCUT2D eigenvalue weighted by molar-refractivity contribution is 5.37. The molecule has 1 aromatic carbocycles. The molecule has 0 radical (unpaired) electrons. The van der Waals surface area contributed by atoms with E-state index in [1.807, 2.05) is 0 Å². The van der Waals surface area contributed by atoms with E-state index in [2.05, 4.69) is 9.97 Å². The highest BCUT2D eigenvalue weighted by Gasteiger charge is 2.12. The van der Waals surface area contributed by atoms with E-state index in [0.717, 1.165) is 18.5 Å². The van der Waals surface area contributed by atoms with Crippen LogP contribution >= 0.6 is 0 Å². The van der Waals surface area contributed by atoms with Crippen molar-refractivity contribution in [1.82, 2.24) is 9.97 Å². The molecule has 2 rings (SSSR count). The third kappa shape index (κ3) is 2.30. The molecule has 2 N–H and O–H groups in total. The van der Waals surface area contributed by atoms with Crippen molar-refractivity contribution >= 4 is 0 Å². The molecule has 0 aliphatic rings. The minimum absolute atomic E-state index is 0.00963. The van der Waals surface area contributed by atoms with Gasteiger partial charge in [0.25, 0.3) is 0 Å². The Bertz CT molecular complexity index is 541. The summed E-state index contributed by atoms with van der Waals surface area (Å²) in [6.45, 7) is 0. The molecule has 0 aliphatic carbocycles. The zero-order valence-electron chi connectivity index (χ0n) is 8.56. The Morgan fingerprint density at radius 3 is 2.24 bits per heavy atom. The quantitative estimate of drug-likeness (QED) is 0.836. The predicted molar refractivity (Wildman–Crippen MR) is 54.5 cm³/mol. The summed E-state index contributed by atoms with van der Waals surface area (Å²) in [5.74, 6) is -2.71. The van der Waals surface area contributed by atoms with Crippen LogP contribution in [0.3, 0.4) is 0 Å². The van der Waals surface area contributed by atoms with Crippen LogP contribution in [0, 0.1) is 11.6 Å². The smallest absolute Gasteiger partial charge is 0.221 e. The van der Waals surface area contributed by atoms with E-state index in [4.69, 9.17) is 0 Å². The van der Waals surface area contributed by atoms with E-state index in [-0.39, 0.29) is 23.7 Å². The van der Waals surface area contributed by atoms with Gasteiger partial charge in [-0.15, -0.1) is 0 Å². The minimum atomic E-state index is -0.988. The van der Waals surface area contributed by atoms with Gasteiger partial charge in [0.2, 0.25) is 11.8 Å². The molecule has 0 saturated heterocycles. The Labute approximate surface area is 95.2 Å². The summed E-state index contributed by atoms with van der Waals surface area (Å²) in [4.78, 5) is 6.99. The number of nitrogens with zero attached hydrogens (tertiary/aromatic N) is 2. The van der Waals surface area contributed by atoms with E-state index in [9.17, 15) is 19.0 Å². The zero-order chi connectivity index (χ0) is 12.4. The molecule has 0 amide bonds. The zero-order valence-corrected chi connectivity index (χ0v) is 8.56. The lowest BCUT2D eigenvalue weighted by atomic mass is 10.1. The molecule has 4 nitrogen and oxygen atoms in total. The van der Waals surface area contributed by atoms with E-state index in [0.29, 0.717) is 5.56 Å². The number of hydrogen-bond donors (Lipinski definition) is 2. The Morgan fingerprint density at radius 1 is 1.00 bits per heavy atom. The monoisotopic (exact) mass is 238 g/mol. The largest absolute Gasteiger partial charge is 0.493 e. The first kappa shape index (κ1) is 11.3. The van der Waals surface area contributed by atoms with Gasteiger partial charge in [0, 0.05) is 6.42 Å². The molecule has 0 atom stereocenters. The third-order valence-electron chi connectivity index (χ3n) is 2.26. The Kier molecular flexibility index (Phi) is 2.86. The standard InChI is InChI=1S/C11H8F2N2O2/c12-8-2-1-6(4-9(8)13)3-7-10(16)14-5-15-11(7)17/h1-2,4-5H,3H2,(H2,14,15,16,17). The average molecular weight is 238 g/mol. The van der Waals surface area contributed by atoms with Gasteiger partial charge >= 0.3 is 0 Å². The van der Waals surface area contributed by atoms with Crippen LogP contribution in [-0.4, -0.2) is 20.2 Å². The van der Waals surface area contributed by atoms with Gasteiger partial charge < -0.3 is 10.2 Å². The molecular weight excluding hydrogens is 230 g/mol. The number of rotatable bonds is 2. The van der Waals surface area contributed by atoms with E-state index < -0.39 is 11.6 Å². The summed E-state index contributed by atoms with van der Waals surface area (Å²) in [5, 5.41) is 18.8. The average Bonchev–Trinajstić information content (AvgIpc) is 2.28. The first-order chi connectivity index (χ1) is 8.08. The van der Waals surface area contributed by atoms with Gasteiger partial charge in [0.1, 0.15) is 6.33 Å². The van der Waals surface area contributed by atoms with Crippen LogP contribution in [0.2, 0.25) is 0 Å². The SMILES string of the molecule is Oc1ncnc(O)c1Cc1ccc(F)c(F)c1. The molecule has 2 aromatic rings. The molecule has 0 spiro atoms. The van der Waals surface area contributed by atoms with Crippen molar-refractivity contribution in [3.05, 3.63) is 47.3 Å². The van der Waals surface area contributed by atoms with Crippen LogP contribution in [-0.2, 0) is 6.42 Å². The minimum Gasteiger partial charge on any atom is -0.493 e. The van der Waals surface area contributed by atoms with Crippen molar-refractivity contribution in [2.75, 3.05) is 0 Å². The van der Waals surface area contributed by atoms with Gasteiger partial charge in [-0.25, -0.2) is 18.7 Å². The summed E-state index contributed by atoms with van der Waals surface area (Å²) in [5.41, 5.74) is 0.461. The molecule has 0 aliphatic heterocycles. The van der Waals surface area contributed by atoms with Gasteiger partial charge in [-0.3, -0.25) is 0 Å². The lowest BCUT2D eigenvalue weighted by Crippen LogP contribution is -1.95. The summed E-state index contributed by atoms with van der Waals surface area (Å²) in [6, 6.07) is 3.31. The predicted octanol–water partition coefficient (Wildman–Crippen LogP) is 1.76. The fraction of sp³-hybridized carbons (Fsp3) is 0.0909. The fourth-order valence-corrected chi connectivity index (χ4v) is 1.41. The first-order valence-electron chi connectivity index (χ1n) is 4.73. The maximum atomic E-state index is 13.0. The van der Waals surface area contributed by atoms with Gasteiger partial charge in [0.15, 0.2) is 11.6 Å². The molecule has 0 fully saturated rings. The molecular formula is C11H8F2N2O2. The highest BCUT2D eigenvalue weighted by atomic mass is 19.2. The number of aromatic hydroxyl groups is 2. The van der Waals surface area contributed by atoms with Gasteiger partial charge in [0.05, 0.1) is 5.56 Å². The third-order valence-corrected chi connectivity index (χ3v) is 2.26. The number of benzene rings is 1. The fourth-order valence-electron chi connectivity index (χ4n) is 1.41. The van der Waals surface area contributed by atoms with E-state index in [1.165, 1.54) is 6.07 Å². The second-order valence-electron chi connectivity index (χ2n) is 3.42. The maximum Gasteiger partial charge on any atom is 0.221 e. The van der Waals surface area contributed by atoms with Crippen LogP contribution in [0.15, 0.2) is 24.5 Å². The molecule has 0 bridgehead atoms. The topological polar surface area (TPSA) is 66.2 Å². The molecule has 88 valence electrons. The molecule has 0 saturated carbocycles. The van der Waals surface area contributed by atoms with Gasteiger partial charge in [-0.1, -0.05) is 6.07 Å². The Balaban J connectivity index is 2.35. The van der Waals surface area contributed by atoms with Crippen LogP contribution < -0.4 is 0 Å². The van der Waals surface area contributed by atoms with Crippen LogP contribution in [0.4, 0.5) is 8.78 Å². The lowest BCUT2D eigenvalue weighted by molar-refractivity contribution is 0.411. The van der Waals surface area contributed by atoms with Crippen molar-refractivity contribution in [2.45, 2.75) is 6.42 Å². The van der Waals surface area contributed by atoms with Crippen LogP contribution in [0.25, 0.3) is 0 Å². The Morgan fingerprint density at radius 2 is 1.65 bits per heavy atom. The van der Waals surface area contributed by atoms with Gasteiger partial charge in [-0.2, -0.15) is 0 Å². The van der Waals surface area contributed by atoms with Crippen molar-refractivity contribution < 1.29 is 19.0 Å². The first-order valence-corrected chi connectivity index (χ1v) is 4.73. The second kappa shape index (κ2) is 4.32. The number of aromatic nitrogens is 2. The van der Waals surface area contributed by atoms with Crippen LogP contribution in [0.1, 0.15) is 11.1 Å². The normalized spacial score (nSPS) is 10.5. The van der Waals surface area contributed by atoms with Crippen LogP contribution in [0.5, 0.6) is 11.8 Å². The highest BCUT2D eigenvalue weighted by Crippen LogP contribution is 2.25. The summed E-state index contributed by atoms with van der Waals surface area (Å²) in [6.07, 6.45) is 1.01. The van der Waals surface area contributed by atoms with Gasteiger partial charge in [-0.05, 0) is 17.7 Å². The van der Waals surface area contributed by atoms with Crippen molar-refractivity contribution in [3.8, 4) is 11.8 Å². The molecule has 17 heavy (non-hydrogen) atoms. The maximum absolute atomic E-state index is 13.0. The number of halogens is 2. The van der Waals surface area contributed by atoms with Crippen molar-refractivity contribution in [1.29, 1.82) is 0 Å². The lowest BCUT2D eigenvalue weighted by Gasteiger charge is -2.05. The molecule has 1 aromatic heterocycles. The summed E-state index contributed by atoms with van der Waals surface area (Å²) >= 11 is 0. The molecule has 1 heterocycles. The second-order valence-corrected chi connectivity index (χ2v) is 3.42.